The van der Waals surface area contributed by atoms with Crippen molar-refractivity contribution in [3.05, 3.63) is 28.2 Å². The van der Waals surface area contributed by atoms with Crippen molar-refractivity contribution in [1.29, 1.82) is 0 Å². The third kappa shape index (κ3) is 2.06. The van der Waals surface area contributed by atoms with Gasteiger partial charge in [0.15, 0.2) is 0 Å². The SMILES string of the molecule is O=C1Nc2cc(Br)ccc2CN1C1CCCC1. The Balaban J connectivity index is 1.87. The average molecular weight is 295 g/mol. The maximum absolute atomic E-state index is 12.1. The summed E-state index contributed by atoms with van der Waals surface area (Å²) in [6.45, 7) is 0.749. The smallest absolute Gasteiger partial charge is 0.317 e. The molecule has 4 heteroatoms. The van der Waals surface area contributed by atoms with Gasteiger partial charge >= 0.3 is 6.03 Å². The van der Waals surface area contributed by atoms with Crippen LogP contribution >= 0.6 is 15.9 Å². The molecule has 2 amide bonds. The molecule has 1 aromatic carbocycles. The number of rotatable bonds is 1. The van der Waals surface area contributed by atoms with E-state index in [2.05, 4.69) is 27.3 Å². The summed E-state index contributed by atoms with van der Waals surface area (Å²) in [5.74, 6) is 0. The summed E-state index contributed by atoms with van der Waals surface area (Å²) in [7, 11) is 0. The summed E-state index contributed by atoms with van der Waals surface area (Å²) in [6.07, 6.45) is 4.81. The summed E-state index contributed by atoms with van der Waals surface area (Å²) < 4.78 is 1.01. The summed E-state index contributed by atoms with van der Waals surface area (Å²) in [5.41, 5.74) is 2.15. The summed E-state index contributed by atoms with van der Waals surface area (Å²) in [5, 5.41) is 2.98. The summed E-state index contributed by atoms with van der Waals surface area (Å²) in [6, 6.07) is 6.58. The van der Waals surface area contributed by atoms with Crippen molar-refractivity contribution in [2.24, 2.45) is 0 Å². The Hall–Kier alpha value is -1.03. The number of benzene rings is 1. The molecule has 3 nitrogen and oxygen atoms in total. The minimum absolute atomic E-state index is 0.0579. The van der Waals surface area contributed by atoms with Gasteiger partial charge in [-0.3, -0.25) is 0 Å². The van der Waals surface area contributed by atoms with Gasteiger partial charge < -0.3 is 10.2 Å². The van der Waals surface area contributed by atoms with Crippen molar-refractivity contribution in [2.75, 3.05) is 5.32 Å². The van der Waals surface area contributed by atoms with Gasteiger partial charge in [-0.15, -0.1) is 0 Å². The van der Waals surface area contributed by atoms with Gasteiger partial charge in [0, 0.05) is 22.7 Å². The largest absolute Gasteiger partial charge is 0.322 e. The lowest BCUT2D eigenvalue weighted by atomic mass is 10.1. The topological polar surface area (TPSA) is 32.3 Å². The van der Waals surface area contributed by atoms with Crippen molar-refractivity contribution >= 4 is 27.6 Å². The van der Waals surface area contributed by atoms with Crippen LogP contribution in [0.5, 0.6) is 0 Å². The molecule has 17 heavy (non-hydrogen) atoms. The molecule has 0 saturated heterocycles. The molecule has 0 bridgehead atoms. The third-order valence-corrected chi connectivity index (χ3v) is 4.17. The van der Waals surface area contributed by atoms with E-state index in [1.807, 2.05) is 17.0 Å². The number of halogens is 1. The third-order valence-electron chi connectivity index (χ3n) is 3.68. The molecule has 1 aromatic rings. The van der Waals surface area contributed by atoms with Crippen LogP contribution in [0.25, 0.3) is 0 Å². The molecule has 0 atom stereocenters. The number of hydrogen-bond acceptors (Lipinski definition) is 1. The first kappa shape index (κ1) is 11.1. The van der Waals surface area contributed by atoms with Crippen LogP contribution in [0.15, 0.2) is 22.7 Å². The maximum Gasteiger partial charge on any atom is 0.322 e. The molecule has 2 aliphatic rings. The van der Waals surface area contributed by atoms with E-state index in [0.29, 0.717) is 6.04 Å². The second-order valence-corrected chi connectivity index (χ2v) is 5.71. The second-order valence-electron chi connectivity index (χ2n) is 4.80. The number of carbonyl (C=O) groups is 1. The molecule has 1 saturated carbocycles. The van der Waals surface area contributed by atoms with Crippen LogP contribution in [0.2, 0.25) is 0 Å². The van der Waals surface area contributed by atoms with Crippen molar-refractivity contribution in [1.82, 2.24) is 4.90 Å². The highest BCUT2D eigenvalue weighted by molar-refractivity contribution is 9.10. The van der Waals surface area contributed by atoms with Gasteiger partial charge in [-0.05, 0) is 30.5 Å². The van der Waals surface area contributed by atoms with Gasteiger partial charge in [-0.1, -0.05) is 34.8 Å². The van der Waals surface area contributed by atoms with E-state index in [9.17, 15) is 4.79 Å². The van der Waals surface area contributed by atoms with Gasteiger partial charge in [0.05, 0.1) is 0 Å². The highest BCUT2D eigenvalue weighted by Gasteiger charge is 2.30. The molecule has 1 fully saturated rings. The van der Waals surface area contributed by atoms with Gasteiger partial charge in [-0.2, -0.15) is 0 Å². The molecule has 0 unspecified atom stereocenters. The Morgan fingerprint density at radius 3 is 2.82 bits per heavy atom. The van der Waals surface area contributed by atoms with Gasteiger partial charge in [0.2, 0.25) is 0 Å². The maximum atomic E-state index is 12.1. The van der Waals surface area contributed by atoms with Crippen molar-refractivity contribution in [2.45, 2.75) is 38.3 Å². The lowest BCUT2D eigenvalue weighted by Gasteiger charge is -2.34. The van der Waals surface area contributed by atoms with Crippen LogP contribution in [-0.2, 0) is 6.54 Å². The molecule has 1 aliphatic heterocycles. The number of nitrogens with one attached hydrogen (secondary N) is 1. The van der Waals surface area contributed by atoms with Gasteiger partial charge in [0.1, 0.15) is 0 Å². The highest BCUT2D eigenvalue weighted by atomic mass is 79.9. The van der Waals surface area contributed by atoms with Crippen molar-refractivity contribution in [3.63, 3.8) is 0 Å². The van der Waals surface area contributed by atoms with Crippen LogP contribution in [-0.4, -0.2) is 17.0 Å². The number of urea groups is 1. The molecule has 0 radical (unpaired) electrons. The fourth-order valence-corrected chi connectivity index (χ4v) is 3.12. The van der Waals surface area contributed by atoms with Crippen LogP contribution in [0.3, 0.4) is 0 Å². The quantitative estimate of drug-likeness (QED) is 0.841. The number of amides is 2. The molecule has 1 aliphatic carbocycles. The van der Waals surface area contributed by atoms with E-state index in [-0.39, 0.29) is 6.03 Å². The number of anilines is 1. The van der Waals surface area contributed by atoms with E-state index < -0.39 is 0 Å². The standard InChI is InChI=1S/C13H15BrN2O/c14-10-6-5-9-8-16(11-3-1-2-4-11)13(17)15-12(9)7-10/h5-7,11H,1-4,8H2,(H,15,17). The summed E-state index contributed by atoms with van der Waals surface area (Å²) >= 11 is 3.43. The minimum Gasteiger partial charge on any atom is -0.317 e. The molecule has 0 spiro atoms. The Labute approximate surface area is 109 Å². The Bertz CT molecular complexity index is 455. The molecule has 1 N–H and O–H groups in total. The first-order valence-electron chi connectivity index (χ1n) is 6.10. The van der Waals surface area contributed by atoms with E-state index in [1.165, 1.54) is 18.4 Å². The van der Waals surface area contributed by atoms with Crippen LogP contribution in [0, 0.1) is 0 Å². The molecular formula is C13H15BrN2O. The first-order valence-corrected chi connectivity index (χ1v) is 6.89. The fourth-order valence-electron chi connectivity index (χ4n) is 2.76. The fraction of sp³-hybridized carbons (Fsp3) is 0.462. The zero-order chi connectivity index (χ0) is 11.8. The Morgan fingerprint density at radius 2 is 2.06 bits per heavy atom. The molecule has 0 aromatic heterocycles. The van der Waals surface area contributed by atoms with Crippen molar-refractivity contribution < 1.29 is 4.79 Å². The molecule has 1 heterocycles. The lowest BCUT2D eigenvalue weighted by Crippen LogP contribution is -2.44. The van der Waals surface area contributed by atoms with Crippen LogP contribution < -0.4 is 5.32 Å². The van der Waals surface area contributed by atoms with Gasteiger partial charge in [0.25, 0.3) is 0 Å². The Kier molecular flexibility index (Phi) is 2.82. The van der Waals surface area contributed by atoms with E-state index in [1.54, 1.807) is 0 Å². The number of fused-ring (bicyclic) bond motifs is 1. The molecule has 90 valence electrons. The van der Waals surface area contributed by atoms with E-state index in [4.69, 9.17) is 0 Å². The molecule has 3 rings (SSSR count). The lowest BCUT2D eigenvalue weighted by molar-refractivity contribution is 0.182. The molecular weight excluding hydrogens is 280 g/mol. The number of nitrogens with zero attached hydrogens (tertiary/aromatic N) is 1. The first-order chi connectivity index (χ1) is 8.24. The zero-order valence-electron chi connectivity index (χ0n) is 9.58. The monoisotopic (exact) mass is 294 g/mol. The number of hydrogen-bond donors (Lipinski definition) is 1. The van der Waals surface area contributed by atoms with E-state index >= 15 is 0 Å². The minimum atomic E-state index is 0.0579. The average Bonchev–Trinajstić information content (AvgIpc) is 2.81. The van der Waals surface area contributed by atoms with Crippen LogP contribution in [0.1, 0.15) is 31.2 Å². The zero-order valence-corrected chi connectivity index (χ0v) is 11.2. The van der Waals surface area contributed by atoms with E-state index in [0.717, 1.165) is 29.5 Å². The second kappa shape index (κ2) is 4.33. The normalized spacial score (nSPS) is 20.3. The van der Waals surface area contributed by atoms with Gasteiger partial charge in [-0.25, -0.2) is 4.79 Å². The Morgan fingerprint density at radius 1 is 1.29 bits per heavy atom. The summed E-state index contributed by atoms with van der Waals surface area (Å²) in [4.78, 5) is 14.0. The predicted octanol–water partition coefficient (Wildman–Crippen LogP) is 3.74. The van der Waals surface area contributed by atoms with Crippen molar-refractivity contribution in [3.8, 4) is 0 Å². The highest BCUT2D eigenvalue weighted by Crippen LogP contribution is 2.31. The number of carbonyl (C=O) groups excluding carboxylic acids is 1. The van der Waals surface area contributed by atoms with Crippen LogP contribution in [0.4, 0.5) is 10.5 Å². The predicted molar refractivity (Wildman–Crippen MR) is 71.0 cm³/mol.